The standard InChI is InChI=1S/C2Cl3NS2/c3-1-2(4)7-8(5)6-1. The molecule has 0 radical (unpaired) electrons. The fourth-order valence-electron chi connectivity index (χ4n) is 0.212. The highest BCUT2D eigenvalue weighted by Gasteiger charge is 2.11. The average molecular weight is 209 g/mol. The normalized spacial score (nSPS) is 28.6. The second kappa shape index (κ2) is 2.80. The van der Waals surface area contributed by atoms with Crippen molar-refractivity contribution < 1.29 is 0 Å². The van der Waals surface area contributed by atoms with Crippen molar-refractivity contribution in [1.29, 1.82) is 0 Å². The molecule has 1 aliphatic rings. The monoisotopic (exact) mass is 207 g/mol. The summed E-state index contributed by atoms with van der Waals surface area (Å²) in [5, 5.41) is 0.329. The zero-order chi connectivity index (χ0) is 6.15. The van der Waals surface area contributed by atoms with Gasteiger partial charge in [-0.25, -0.2) is 0 Å². The summed E-state index contributed by atoms with van der Waals surface area (Å²) in [6, 6.07) is 0. The van der Waals surface area contributed by atoms with Crippen LogP contribution in [-0.4, -0.2) is 0 Å². The maximum atomic E-state index is 5.52. The van der Waals surface area contributed by atoms with Gasteiger partial charge in [-0.15, -0.1) is 0 Å². The first-order valence-electron chi connectivity index (χ1n) is 1.56. The van der Waals surface area contributed by atoms with Crippen molar-refractivity contribution in [2.45, 2.75) is 0 Å². The van der Waals surface area contributed by atoms with Crippen LogP contribution < -0.4 is 0 Å². The van der Waals surface area contributed by atoms with Crippen LogP contribution in [0.3, 0.4) is 0 Å². The third kappa shape index (κ3) is 1.54. The van der Waals surface area contributed by atoms with Crippen LogP contribution in [-0.2, 0) is 8.94 Å². The van der Waals surface area contributed by atoms with Crippen LogP contribution in [0, 0.1) is 0 Å². The molecule has 0 bridgehead atoms. The van der Waals surface area contributed by atoms with Gasteiger partial charge in [0.05, 0.1) is 8.94 Å². The Bertz CT molecular complexity index is 174. The predicted molar refractivity (Wildman–Crippen MR) is 42.0 cm³/mol. The molecule has 0 aromatic rings. The molecule has 1 heterocycles. The summed E-state index contributed by atoms with van der Waals surface area (Å²) in [5.41, 5.74) is 0. The first-order valence-corrected chi connectivity index (χ1v) is 5.66. The Hall–Kier alpha value is 1.11. The first kappa shape index (κ1) is 7.22. The molecule has 0 fully saturated rings. The van der Waals surface area contributed by atoms with Gasteiger partial charge in [0.1, 0.15) is 4.36 Å². The van der Waals surface area contributed by atoms with Gasteiger partial charge in [-0.2, -0.15) is 4.36 Å². The molecule has 46 valence electrons. The smallest absolute Gasteiger partial charge is 0.164 e. The van der Waals surface area contributed by atoms with E-state index in [2.05, 4.69) is 4.36 Å². The topological polar surface area (TPSA) is 12.4 Å². The van der Waals surface area contributed by atoms with Gasteiger partial charge in [-0.3, -0.25) is 0 Å². The molecule has 1 atom stereocenters. The largest absolute Gasteiger partial charge is 0.187 e. The van der Waals surface area contributed by atoms with Crippen LogP contribution in [0.2, 0.25) is 0 Å². The zero-order valence-electron chi connectivity index (χ0n) is 3.40. The van der Waals surface area contributed by atoms with Crippen LogP contribution in [0.25, 0.3) is 0 Å². The fraction of sp³-hybridized carbons (Fsp3) is 0. The SMILES string of the molecule is ClC1=C(Cl)SS(Cl)=N1. The number of rotatable bonds is 0. The summed E-state index contributed by atoms with van der Waals surface area (Å²) < 4.78 is 4.23. The Labute approximate surface area is 67.4 Å². The van der Waals surface area contributed by atoms with Crippen molar-refractivity contribution in [1.82, 2.24) is 0 Å². The maximum Gasteiger partial charge on any atom is 0.164 e. The molecular formula is C2Cl3NS2. The van der Waals surface area contributed by atoms with Gasteiger partial charge in [0, 0.05) is 0 Å². The molecule has 8 heavy (non-hydrogen) atoms. The van der Waals surface area contributed by atoms with Crippen molar-refractivity contribution in [3.63, 3.8) is 0 Å². The van der Waals surface area contributed by atoms with Crippen LogP contribution >= 0.6 is 44.7 Å². The van der Waals surface area contributed by atoms with E-state index in [0.717, 1.165) is 0 Å². The van der Waals surface area contributed by atoms with E-state index in [4.69, 9.17) is 33.9 Å². The van der Waals surface area contributed by atoms with Gasteiger partial charge < -0.3 is 0 Å². The van der Waals surface area contributed by atoms with E-state index < -0.39 is 8.94 Å². The minimum absolute atomic E-state index is 0.329. The number of hydrogen-bond donors (Lipinski definition) is 0. The lowest BCUT2D eigenvalue weighted by molar-refractivity contribution is 1.60. The molecule has 1 rings (SSSR count). The van der Waals surface area contributed by atoms with E-state index in [1.54, 1.807) is 0 Å². The molecular weight excluding hydrogens is 209 g/mol. The lowest BCUT2D eigenvalue weighted by atomic mass is 11.1. The fourth-order valence-corrected chi connectivity index (χ4v) is 4.08. The third-order valence-corrected chi connectivity index (χ3v) is 4.44. The van der Waals surface area contributed by atoms with Gasteiger partial charge in [-0.1, -0.05) is 23.2 Å². The summed E-state index contributed by atoms with van der Waals surface area (Å²) in [6.45, 7) is 0. The van der Waals surface area contributed by atoms with Crippen LogP contribution in [0.5, 0.6) is 0 Å². The van der Waals surface area contributed by atoms with Crippen molar-refractivity contribution in [2.75, 3.05) is 0 Å². The van der Waals surface area contributed by atoms with Crippen molar-refractivity contribution in [3.8, 4) is 0 Å². The second-order valence-corrected chi connectivity index (χ2v) is 5.95. The minimum Gasteiger partial charge on any atom is -0.187 e. The molecule has 1 nitrogen and oxygen atoms in total. The molecule has 0 aromatic heterocycles. The van der Waals surface area contributed by atoms with E-state index in [-0.39, 0.29) is 0 Å². The van der Waals surface area contributed by atoms with Gasteiger partial charge in [-0.05, 0) is 21.5 Å². The van der Waals surface area contributed by atoms with Crippen molar-refractivity contribution in [2.24, 2.45) is 4.36 Å². The van der Waals surface area contributed by atoms with Crippen molar-refractivity contribution in [3.05, 3.63) is 9.52 Å². The molecule has 1 aliphatic heterocycles. The van der Waals surface area contributed by atoms with E-state index in [9.17, 15) is 0 Å². The Kier molecular flexibility index (Phi) is 2.52. The van der Waals surface area contributed by atoms with Gasteiger partial charge in [0.15, 0.2) is 5.16 Å². The second-order valence-electron chi connectivity index (χ2n) is 0.946. The zero-order valence-corrected chi connectivity index (χ0v) is 7.30. The maximum absolute atomic E-state index is 5.52. The summed E-state index contributed by atoms with van der Waals surface area (Å²) in [7, 11) is 6.23. The minimum atomic E-state index is -0.557. The Morgan fingerprint density at radius 1 is 1.50 bits per heavy atom. The number of nitrogens with zero attached hydrogens (tertiary/aromatic N) is 1. The van der Waals surface area contributed by atoms with Crippen LogP contribution in [0.15, 0.2) is 13.9 Å². The summed E-state index contributed by atoms with van der Waals surface area (Å²) in [6.07, 6.45) is 0. The molecule has 0 spiro atoms. The van der Waals surface area contributed by atoms with Crippen LogP contribution in [0.4, 0.5) is 0 Å². The van der Waals surface area contributed by atoms with Crippen molar-refractivity contribution >= 4 is 53.6 Å². The molecule has 0 aromatic carbocycles. The molecule has 0 N–H and O–H groups in total. The highest BCUT2D eigenvalue weighted by molar-refractivity contribution is 8.80. The highest BCUT2D eigenvalue weighted by atomic mass is 35.7. The molecule has 6 heteroatoms. The Balaban J connectivity index is 2.79. The van der Waals surface area contributed by atoms with Gasteiger partial charge in [0.25, 0.3) is 0 Å². The van der Waals surface area contributed by atoms with E-state index >= 15 is 0 Å². The summed E-state index contributed by atoms with van der Waals surface area (Å²) >= 11 is 10.9. The summed E-state index contributed by atoms with van der Waals surface area (Å²) in [5.74, 6) is 0. The van der Waals surface area contributed by atoms with E-state index in [1.807, 2.05) is 0 Å². The molecule has 1 unspecified atom stereocenters. The Morgan fingerprint density at radius 2 is 2.12 bits per heavy atom. The highest BCUT2D eigenvalue weighted by Crippen LogP contribution is 2.39. The quantitative estimate of drug-likeness (QED) is 0.440. The molecule has 0 saturated carbocycles. The third-order valence-electron chi connectivity index (χ3n) is 0.456. The lowest BCUT2D eigenvalue weighted by Gasteiger charge is -1.80. The first-order chi connectivity index (χ1) is 3.70. The number of halogens is 3. The van der Waals surface area contributed by atoms with Crippen LogP contribution in [0.1, 0.15) is 0 Å². The van der Waals surface area contributed by atoms with Gasteiger partial charge >= 0.3 is 0 Å². The lowest BCUT2D eigenvalue weighted by Crippen LogP contribution is -1.53. The average Bonchev–Trinajstić information content (AvgIpc) is 1.85. The summed E-state index contributed by atoms with van der Waals surface area (Å²) in [4.78, 5) is 0. The molecule has 0 aliphatic carbocycles. The van der Waals surface area contributed by atoms with E-state index in [0.29, 0.717) is 9.52 Å². The van der Waals surface area contributed by atoms with Gasteiger partial charge in [0.2, 0.25) is 0 Å². The molecule has 0 amide bonds. The Morgan fingerprint density at radius 3 is 2.25 bits per heavy atom. The number of hydrogen-bond acceptors (Lipinski definition) is 2. The predicted octanol–water partition coefficient (Wildman–Crippen LogP) is 3.21. The molecule has 0 saturated heterocycles. The van der Waals surface area contributed by atoms with E-state index in [1.165, 1.54) is 10.8 Å².